The molecule has 1 aliphatic carbocycles. The molecule has 1 fully saturated rings. The van der Waals surface area contributed by atoms with Crippen molar-refractivity contribution >= 4 is 24.8 Å². The third-order valence-corrected chi connectivity index (χ3v) is 4.91. The molecule has 1 aliphatic heterocycles. The summed E-state index contributed by atoms with van der Waals surface area (Å²) in [6.45, 7) is 6.85. The lowest BCUT2D eigenvalue weighted by Crippen LogP contribution is -2.44. The molecule has 1 unspecified atom stereocenters. The lowest BCUT2D eigenvalue weighted by Gasteiger charge is -2.45. The molecule has 0 bridgehead atoms. The molecule has 2 N–H and O–H groups in total. The van der Waals surface area contributed by atoms with Crippen LogP contribution in [0.5, 0.6) is 0 Å². The van der Waals surface area contributed by atoms with Crippen LogP contribution >= 0.6 is 24.8 Å². The fourth-order valence-electron chi connectivity index (χ4n) is 3.99. The second-order valence-electron chi connectivity index (χ2n) is 6.53. The maximum absolute atomic E-state index is 3.74. The lowest BCUT2D eigenvalue weighted by atomic mass is 9.64. The summed E-state index contributed by atoms with van der Waals surface area (Å²) in [7, 11) is 0. The van der Waals surface area contributed by atoms with Gasteiger partial charge in [0.25, 0.3) is 0 Å². The van der Waals surface area contributed by atoms with Crippen molar-refractivity contribution in [2.75, 3.05) is 13.1 Å². The highest BCUT2D eigenvalue weighted by molar-refractivity contribution is 5.85. The first-order valence-corrected chi connectivity index (χ1v) is 7.77. The molecule has 120 valence electrons. The highest BCUT2D eigenvalue weighted by atomic mass is 35.5. The van der Waals surface area contributed by atoms with Crippen molar-refractivity contribution in [2.24, 2.45) is 0 Å². The Morgan fingerprint density at radius 2 is 1.76 bits per heavy atom. The number of benzene rings is 1. The first-order valence-electron chi connectivity index (χ1n) is 7.77. The molecule has 21 heavy (non-hydrogen) atoms. The largest absolute Gasteiger partial charge is 0.317 e. The van der Waals surface area contributed by atoms with E-state index in [1.54, 1.807) is 11.1 Å². The van der Waals surface area contributed by atoms with Gasteiger partial charge in [-0.15, -0.1) is 24.8 Å². The van der Waals surface area contributed by atoms with E-state index in [-0.39, 0.29) is 24.8 Å². The summed E-state index contributed by atoms with van der Waals surface area (Å²) in [6, 6.07) is 10.3. The fourth-order valence-corrected chi connectivity index (χ4v) is 3.99. The summed E-state index contributed by atoms with van der Waals surface area (Å²) >= 11 is 0. The van der Waals surface area contributed by atoms with Gasteiger partial charge in [-0.2, -0.15) is 0 Å². The van der Waals surface area contributed by atoms with Crippen LogP contribution < -0.4 is 10.6 Å². The Hall–Kier alpha value is -0.280. The second kappa shape index (κ2) is 7.82. The summed E-state index contributed by atoms with van der Waals surface area (Å²) in [5.74, 6) is 0. The molecule has 0 saturated carbocycles. The highest BCUT2D eigenvalue weighted by Crippen LogP contribution is 2.46. The second-order valence-corrected chi connectivity index (χ2v) is 6.53. The smallest absolute Gasteiger partial charge is 0.0325 e. The van der Waals surface area contributed by atoms with Gasteiger partial charge in [0, 0.05) is 12.1 Å². The summed E-state index contributed by atoms with van der Waals surface area (Å²) in [4.78, 5) is 0. The predicted molar refractivity (Wildman–Crippen MR) is 95.0 cm³/mol. The molecule has 1 spiro atoms. The van der Waals surface area contributed by atoms with Crippen LogP contribution in [0.15, 0.2) is 24.3 Å². The molecule has 4 heteroatoms. The van der Waals surface area contributed by atoms with Crippen molar-refractivity contribution in [3.05, 3.63) is 35.4 Å². The zero-order valence-corrected chi connectivity index (χ0v) is 14.7. The van der Waals surface area contributed by atoms with Gasteiger partial charge < -0.3 is 10.6 Å². The van der Waals surface area contributed by atoms with Crippen molar-refractivity contribution in [1.82, 2.24) is 10.6 Å². The first kappa shape index (κ1) is 18.8. The Kier molecular flexibility index (Phi) is 6.99. The van der Waals surface area contributed by atoms with Gasteiger partial charge in [-0.1, -0.05) is 38.1 Å². The molecule has 1 heterocycles. The van der Waals surface area contributed by atoms with E-state index < -0.39 is 0 Å². The fraction of sp³-hybridized carbons (Fsp3) is 0.647. The van der Waals surface area contributed by atoms with E-state index >= 15 is 0 Å². The predicted octanol–water partition coefficient (Wildman–Crippen LogP) is 3.98. The average Bonchev–Trinajstić information content (AvgIpc) is 2.43. The van der Waals surface area contributed by atoms with Crippen molar-refractivity contribution < 1.29 is 0 Å². The molecule has 0 radical (unpaired) electrons. The van der Waals surface area contributed by atoms with Gasteiger partial charge in [0.1, 0.15) is 0 Å². The van der Waals surface area contributed by atoms with Gasteiger partial charge in [-0.3, -0.25) is 0 Å². The van der Waals surface area contributed by atoms with Gasteiger partial charge in [-0.25, -0.2) is 0 Å². The monoisotopic (exact) mass is 330 g/mol. The van der Waals surface area contributed by atoms with Crippen LogP contribution in [0.2, 0.25) is 0 Å². The summed E-state index contributed by atoms with van der Waals surface area (Å²) in [5.41, 5.74) is 3.64. The number of hydrogen-bond acceptors (Lipinski definition) is 2. The van der Waals surface area contributed by atoms with Gasteiger partial charge in [0.05, 0.1) is 0 Å². The van der Waals surface area contributed by atoms with Crippen LogP contribution in [0.25, 0.3) is 0 Å². The maximum atomic E-state index is 3.74. The van der Waals surface area contributed by atoms with Crippen LogP contribution in [0.3, 0.4) is 0 Å². The van der Waals surface area contributed by atoms with Crippen LogP contribution in [0.1, 0.15) is 56.7 Å². The van der Waals surface area contributed by atoms with Crippen molar-refractivity contribution in [2.45, 2.75) is 57.0 Å². The molecule has 0 aromatic heterocycles. The Bertz CT molecular complexity index is 442. The molecule has 1 aromatic carbocycles. The SMILES string of the molecule is CC(C)NC1CCC2(CCNCC2)c2ccccc21.Cl.Cl. The number of hydrogen-bond donors (Lipinski definition) is 2. The van der Waals surface area contributed by atoms with E-state index in [1.807, 2.05) is 0 Å². The average molecular weight is 331 g/mol. The Balaban J connectivity index is 0.00000110. The minimum atomic E-state index is 0. The Labute approximate surface area is 141 Å². The van der Waals surface area contributed by atoms with Crippen molar-refractivity contribution in [1.29, 1.82) is 0 Å². The van der Waals surface area contributed by atoms with E-state index in [0.717, 1.165) is 0 Å². The molecular weight excluding hydrogens is 303 g/mol. The molecule has 2 aliphatic rings. The van der Waals surface area contributed by atoms with Crippen LogP contribution in [0, 0.1) is 0 Å². The molecule has 3 rings (SSSR count). The first-order chi connectivity index (χ1) is 9.21. The lowest BCUT2D eigenvalue weighted by molar-refractivity contribution is 0.242. The van der Waals surface area contributed by atoms with Crippen LogP contribution in [-0.4, -0.2) is 19.1 Å². The van der Waals surface area contributed by atoms with Gasteiger partial charge in [0.15, 0.2) is 0 Å². The number of nitrogens with one attached hydrogen (secondary N) is 2. The molecule has 1 saturated heterocycles. The van der Waals surface area contributed by atoms with E-state index in [0.29, 0.717) is 17.5 Å². The number of piperidine rings is 1. The molecular formula is C17H28Cl2N2. The van der Waals surface area contributed by atoms with E-state index in [2.05, 4.69) is 48.7 Å². The minimum Gasteiger partial charge on any atom is -0.317 e. The van der Waals surface area contributed by atoms with Crippen molar-refractivity contribution in [3.8, 4) is 0 Å². The maximum Gasteiger partial charge on any atom is 0.0325 e. The van der Waals surface area contributed by atoms with E-state index in [9.17, 15) is 0 Å². The molecule has 0 amide bonds. The molecule has 2 nitrogen and oxygen atoms in total. The third-order valence-electron chi connectivity index (χ3n) is 4.91. The summed E-state index contributed by atoms with van der Waals surface area (Å²) < 4.78 is 0. The third kappa shape index (κ3) is 3.73. The molecule has 1 atom stereocenters. The summed E-state index contributed by atoms with van der Waals surface area (Å²) in [6.07, 6.45) is 5.24. The number of halogens is 2. The topological polar surface area (TPSA) is 24.1 Å². The van der Waals surface area contributed by atoms with E-state index in [1.165, 1.54) is 38.8 Å². The van der Waals surface area contributed by atoms with Gasteiger partial charge in [-0.05, 0) is 55.3 Å². The quantitative estimate of drug-likeness (QED) is 0.856. The normalized spacial score (nSPS) is 23.1. The van der Waals surface area contributed by atoms with E-state index in [4.69, 9.17) is 0 Å². The van der Waals surface area contributed by atoms with Gasteiger partial charge in [0.2, 0.25) is 0 Å². The minimum absolute atomic E-state index is 0. The Morgan fingerprint density at radius 1 is 1.10 bits per heavy atom. The zero-order chi connectivity index (χ0) is 13.3. The van der Waals surface area contributed by atoms with Crippen LogP contribution in [0.4, 0.5) is 0 Å². The standard InChI is InChI=1S/C17H26N2.2ClH/c1-13(2)19-16-7-8-17(9-11-18-12-10-17)15-6-4-3-5-14(15)16;;/h3-6,13,16,18-19H,7-12H2,1-2H3;2*1H. The summed E-state index contributed by atoms with van der Waals surface area (Å²) in [5, 5.41) is 7.26. The van der Waals surface area contributed by atoms with Gasteiger partial charge >= 0.3 is 0 Å². The number of fused-ring (bicyclic) bond motifs is 2. The van der Waals surface area contributed by atoms with Crippen LogP contribution in [-0.2, 0) is 5.41 Å². The molecule has 1 aromatic rings. The zero-order valence-electron chi connectivity index (χ0n) is 13.0. The van der Waals surface area contributed by atoms with Crippen molar-refractivity contribution in [3.63, 3.8) is 0 Å². The highest BCUT2D eigenvalue weighted by Gasteiger charge is 2.40. The number of rotatable bonds is 2. The Morgan fingerprint density at radius 3 is 2.43 bits per heavy atom.